The van der Waals surface area contributed by atoms with Crippen molar-refractivity contribution in [3.05, 3.63) is 188 Å². The molecule has 4 heteroatoms. The highest BCUT2D eigenvalue weighted by Crippen LogP contribution is 2.42. The van der Waals surface area contributed by atoms with Crippen LogP contribution in [0, 0.1) is 12.1 Å². The number of aromatic nitrogens is 2. The van der Waals surface area contributed by atoms with Gasteiger partial charge < -0.3 is 18.5 Å². The molecule has 0 unspecified atom stereocenters. The Morgan fingerprint density at radius 3 is 1.83 bits per heavy atom. The molecule has 0 aliphatic heterocycles. The quantitative estimate of drug-likeness (QED) is 0.183. The second kappa shape index (κ2) is 11.1. The molecule has 11 aromatic rings. The average molecular weight is 664 g/mol. The molecule has 0 bridgehead atoms. The van der Waals surface area contributed by atoms with E-state index in [1.165, 1.54) is 27.1 Å². The SMILES string of the molecule is c1ccc2c3ccccc3n(-c3ccc(N(c4ccc5oc6ccccc6c5c4)c4ccc5c6ccccc6n(-c6ccccc6)c5c4)cc3)c2c#1. The van der Waals surface area contributed by atoms with Gasteiger partial charge in [0.15, 0.2) is 0 Å². The third kappa shape index (κ3) is 4.24. The lowest BCUT2D eigenvalue weighted by Crippen LogP contribution is -2.10. The zero-order valence-corrected chi connectivity index (χ0v) is 28.0. The zero-order chi connectivity index (χ0) is 34.2. The van der Waals surface area contributed by atoms with Gasteiger partial charge in [0, 0.05) is 60.8 Å². The molecule has 3 heterocycles. The van der Waals surface area contributed by atoms with Gasteiger partial charge in [0.25, 0.3) is 0 Å². The van der Waals surface area contributed by atoms with Crippen LogP contribution in [0.1, 0.15) is 0 Å². The number of anilines is 3. The van der Waals surface area contributed by atoms with E-state index in [-0.39, 0.29) is 0 Å². The maximum Gasteiger partial charge on any atom is 0.135 e. The van der Waals surface area contributed by atoms with Crippen LogP contribution >= 0.6 is 0 Å². The van der Waals surface area contributed by atoms with Crippen molar-refractivity contribution in [3.63, 3.8) is 0 Å². The van der Waals surface area contributed by atoms with Crippen LogP contribution in [-0.4, -0.2) is 9.13 Å². The molecule has 0 radical (unpaired) electrons. The molecule has 11 rings (SSSR count). The number of hydrogen-bond donors (Lipinski definition) is 0. The number of para-hydroxylation sites is 4. The van der Waals surface area contributed by atoms with Gasteiger partial charge in [-0.1, -0.05) is 84.9 Å². The number of benzene rings is 7. The van der Waals surface area contributed by atoms with E-state index in [2.05, 4.69) is 184 Å². The molecule has 8 aromatic carbocycles. The zero-order valence-electron chi connectivity index (χ0n) is 28.0. The minimum Gasteiger partial charge on any atom is -0.456 e. The van der Waals surface area contributed by atoms with E-state index in [1.54, 1.807) is 0 Å². The second-order valence-corrected chi connectivity index (χ2v) is 13.2. The molecule has 0 fully saturated rings. The van der Waals surface area contributed by atoms with Gasteiger partial charge in [-0.05, 0) is 103 Å². The summed E-state index contributed by atoms with van der Waals surface area (Å²) in [5, 5.41) is 7.02. The van der Waals surface area contributed by atoms with Crippen LogP contribution in [0.4, 0.5) is 17.1 Å². The van der Waals surface area contributed by atoms with E-state index in [0.29, 0.717) is 0 Å². The Kier molecular flexibility index (Phi) is 6.13. The van der Waals surface area contributed by atoms with E-state index in [0.717, 1.165) is 66.9 Å². The van der Waals surface area contributed by atoms with E-state index < -0.39 is 0 Å². The molecule has 0 saturated heterocycles. The van der Waals surface area contributed by atoms with Gasteiger partial charge in [-0.3, -0.25) is 0 Å². The van der Waals surface area contributed by atoms with Gasteiger partial charge in [0.05, 0.1) is 16.6 Å². The van der Waals surface area contributed by atoms with Crippen LogP contribution in [0.2, 0.25) is 0 Å². The summed E-state index contributed by atoms with van der Waals surface area (Å²) < 4.78 is 10.9. The Bertz CT molecular complexity index is 3080. The Balaban J connectivity index is 1.14. The van der Waals surface area contributed by atoms with Gasteiger partial charge in [-0.2, -0.15) is 0 Å². The lowest BCUT2D eigenvalue weighted by atomic mass is 10.1. The van der Waals surface area contributed by atoms with Crippen molar-refractivity contribution in [1.29, 1.82) is 0 Å². The van der Waals surface area contributed by atoms with E-state index in [4.69, 9.17) is 4.42 Å². The van der Waals surface area contributed by atoms with Crippen molar-refractivity contribution in [2.24, 2.45) is 0 Å². The van der Waals surface area contributed by atoms with Crippen molar-refractivity contribution in [2.45, 2.75) is 0 Å². The molecule has 3 aromatic heterocycles. The lowest BCUT2D eigenvalue weighted by molar-refractivity contribution is 0.669. The molecule has 0 aliphatic rings. The molecule has 0 atom stereocenters. The highest BCUT2D eigenvalue weighted by Gasteiger charge is 2.20. The Labute approximate surface area is 299 Å². The van der Waals surface area contributed by atoms with Gasteiger partial charge in [-0.25, -0.2) is 0 Å². The first-order valence-electron chi connectivity index (χ1n) is 17.5. The summed E-state index contributed by atoms with van der Waals surface area (Å²) >= 11 is 0. The predicted molar refractivity (Wildman–Crippen MR) is 215 cm³/mol. The van der Waals surface area contributed by atoms with Crippen LogP contribution in [0.15, 0.2) is 180 Å². The molecule has 0 spiro atoms. The first-order valence-corrected chi connectivity index (χ1v) is 17.5. The number of rotatable bonds is 5. The standard InChI is InChI=1S/C48H29N3O/c1-2-12-32(13-3-1)51-45-20-10-6-16-39(45)40-28-26-36(31-46(40)51)49(35-27-29-48-42(30-35)41-17-7-11-21-47(41)52-48)33-22-24-34(25-23-33)50-43-18-8-4-14-37(43)38-15-5-9-19-44(38)50/h1-8,10-18,20-31H. The molecule has 0 saturated carbocycles. The van der Waals surface area contributed by atoms with Crippen molar-refractivity contribution in [2.75, 3.05) is 4.90 Å². The van der Waals surface area contributed by atoms with Crippen LogP contribution in [0.25, 0.3) is 76.9 Å². The fourth-order valence-electron chi connectivity index (χ4n) is 8.06. The Hall–Kier alpha value is -7.22. The van der Waals surface area contributed by atoms with Crippen molar-refractivity contribution in [3.8, 4) is 11.4 Å². The second-order valence-electron chi connectivity index (χ2n) is 13.2. The first-order chi connectivity index (χ1) is 25.8. The number of nitrogens with zero attached hydrogens (tertiary/aromatic N) is 3. The highest BCUT2D eigenvalue weighted by molar-refractivity contribution is 6.11. The third-order valence-corrected chi connectivity index (χ3v) is 10.4. The molecule has 242 valence electrons. The van der Waals surface area contributed by atoms with Crippen molar-refractivity contribution < 1.29 is 4.42 Å². The Morgan fingerprint density at radius 1 is 0.404 bits per heavy atom. The maximum atomic E-state index is 6.25. The summed E-state index contributed by atoms with van der Waals surface area (Å²) in [6, 6.07) is 68.9. The molecular weight excluding hydrogens is 635 g/mol. The van der Waals surface area contributed by atoms with Crippen molar-refractivity contribution >= 4 is 82.6 Å². The summed E-state index contributed by atoms with van der Waals surface area (Å²) in [6.45, 7) is 0. The fraction of sp³-hybridized carbons (Fsp3) is 0. The van der Waals surface area contributed by atoms with E-state index >= 15 is 0 Å². The fourth-order valence-corrected chi connectivity index (χ4v) is 8.06. The summed E-state index contributed by atoms with van der Waals surface area (Å²) in [5.41, 5.74) is 11.6. The number of hydrogen-bond acceptors (Lipinski definition) is 2. The van der Waals surface area contributed by atoms with Crippen molar-refractivity contribution in [1.82, 2.24) is 9.13 Å². The summed E-state index contributed by atoms with van der Waals surface area (Å²) in [7, 11) is 0. The summed E-state index contributed by atoms with van der Waals surface area (Å²) in [4.78, 5) is 2.35. The van der Waals surface area contributed by atoms with E-state index in [9.17, 15) is 0 Å². The van der Waals surface area contributed by atoms with Crippen LogP contribution in [-0.2, 0) is 0 Å². The minimum atomic E-state index is 0.874. The smallest absolute Gasteiger partial charge is 0.135 e. The largest absolute Gasteiger partial charge is 0.456 e. The predicted octanol–water partition coefficient (Wildman–Crippen LogP) is 12.9. The summed E-state index contributed by atoms with van der Waals surface area (Å²) in [5.74, 6) is 0. The molecule has 4 nitrogen and oxygen atoms in total. The maximum absolute atomic E-state index is 6.25. The highest BCUT2D eigenvalue weighted by atomic mass is 16.3. The van der Waals surface area contributed by atoms with Crippen LogP contribution in [0.5, 0.6) is 0 Å². The summed E-state index contributed by atoms with van der Waals surface area (Å²) in [6.07, 6.45) is 0. The number of furan rings is 1. The molecule has 0 N–H and O–H groups in total. The average Bonchev–Trinajstić information content (AvgIpc) is 3.86. The van der Waals surface area contributed by atoms with Gasteiger partial charge >= 0.3 is 0 Å². The molecule has 52 heavy (non-hydrogen) atoms. The molecule has 0 aliphatic carbocycles. The molecular formula is C48H29N3O. The number of fused-ring (bicyclic) bond motifs is 9. The first kappa shape index (κ1) is 28.6. The lowest BCUT2D eigenvalue weighted by Gasteiger charge is -2.26. The topological polar surface area (TPSA) is 26.2 Å². The molecule has 0 amide bonds. The van der Waals surface area contributed by atoms with Crippen LogP contribution < -0.4 is 4.90 Å². The van der Waals surface area contributed by atoms with Gasteiger partial charge in [0.2, 0.25) is 0 Å². The van der Waals surface area contributed by atoms with Gasteiger partial charge in [-0.15, -0.1) is 0 Å². The normalized spacial score (nSPS) is 11.7. The monoisotopic (exact) mass is 663 g/mol. The Morgan fingerprint density at radius 2 is 1.00 bits per heavy atom. The van der Waals surface area contributed by atoms with E-state index in [1.807, 2.05) is 18.2 Å². The van der Waals surface area contributed by atoms with Crippen LogP contribution in [0.3, 0.4) is 0 Å². The minimum absolute atomic E-state index is 0.874. The van der Waals surface area contributed by atoms with Gasteiger partial charge in [0.1, 0.15) is 16.7 Å². The third-order valence-electron chi connectivity index (χ3n) is 10.4.